The van der Waals surface area contributed by atoms with E-state index in [1.165, 1.54) is 18.3 Å². The van der Waals surface area contributed by atoms with Crippen molar-refractivity contribution in [3.63, 3.8) is 0 Å². The van der Waals surface area contributed by atoms with Gasteiger partial charge in [-0.25, -0.2) is 4.79 Å². The highest BCUT2D eigenvalue weighted by Gasteiger charge is 2.15. The van der Waals surface area contributed by atoms with Gasteiger partial charge in [0.2, 0.25) is 0 Å². The van der Waals surface area contributed by atoms with Gasteiger partial charge in [0.25, 0.3) is 5.91 Å². The normalized spacial score (nSPS) is 9.78. The van der Waals surface area contributed by atoms with Crippen LogP contribution in [0, 0.1) is 0 Å². The average Bonchev–Trinajstić information content (AvgIpc) is 2.40. The average molecular weight is 242 g/mol. The molecule has 18 heavy (non-hydrogen) atoms. The summed E-state index contributed by atoms with van der Waals surface area (Å²) >= 11 is 0. The Morgan fingerprint density at radius 2 is 1.78 bits per heavy atom. The molecule has 0 fully saturated rings. The molecule has 5 heteroatoms. The maximum Gasteiger partial charge on any atom is 0.336 e. The number of benzene rings is 1. The van der Waals surface area contributed by atoms with Gasteiger partial charge in [0.15, 0.2) is 0 Å². The van der Waals surface area contributed by atoms with Crippen LogP contribution in [0.1, 0.15) is 20.7 Å². The number of anilines is 1. The van der Waals surface area contributed by atoms with Crippen molar-refractivity contribution in [2.45, 2.75) is 0 Å². The lowest BCUT2D eigenvalue weighted by Gasteiger charge is -2.06. The van der Waals surface area contributed by atoms with Gasteiger partial charge in [0, 0.05) is 6.20 Å². The number of rotatable bonds is 3. The first kappa shape index (κ1) is 11.8. The molecule has 1 amide bonds. The molecule has 1 aromatic carbocycles. The number of carbonyl (C=O) groups is 2. The largest absolute Gasteiger partial charge is 0.478 e. The van der Waals surface area contributed by atoms with Gasteiger partial charge in [-0.2, -0.15) is 0 Å². The van der Waals surface area contributed by atoms with Gasteiger partial charge in [-0.3, -0.25) is 9.78 Å². The Kier molecular flexibility index (Phi) is 3.33. The molecule has 90 valence electrons. The number of nitrogens with one attached hydrogen (secondary N) is 1. The first-order valence-electron chi connectivity index (χ1n) is 5.22. The molecular weight excluding hydrogens is 232 g/mol. The van der Waals surface area contributed by atoms with Gasteiger partial charge in [-0.1, -0.05) is 12.1 Å². The van der Waals surface area contributed by atoms with Crippen LogP contribution in [-0.4, -0.2) is 22.0 Å². The van der Waals surface area contributed by atoms with Gasteiger partial charge in [-0.05, 0) is 24.3 Å². The van der Waals surface area contributed by atoms with E-state index in [1.807, 2.05) is 0 Å². The SMILES string of the molecule is O=C(O)c1ccccc1C(=O)Nc1cccnc1. The second-order valence-corrected chi connectivity index (χ2v) is 3.55. The summed E-state index contributed by atoms with van der Waals surface area (Å²) < 4.78 is 0. The predicted octanol–water partition coefficient (Wildman–Crippen LogP) is 2.03. The predicted molar refractivity (Wildman–Crippen MR) is 65.6 cm³/mol. The Labute approximate surface area is 103 Å². The van der Waals surface area contributed by atoms with E-state index in [4.69, 9.17) is 5.11 Å². The van der Waals surface area contributed by atoms with Crippen LogP contribution in [0.15, 0.2) is 48.8 Å². The number of carboxylic acids is 1. The molecule has 1 aromatic heterocycles. The van der Waals surface area contributed by atoms with E-state index in [2.05, 4.69) is 10.3 Å². The second kappa shape index (κ2) is 5.09. The molecule has 2 rings (SSSR count). The maximum absolute atomic E-state index is 11.9. The lowest BCUT2D eigenvalue weighted by molar-refractivity contribution is 0.0692. The van der Waals surface area contributed by atoms with Crippen LogP contribution >= 0.6 is 0 Å². The van der Waals surface area contributed by atoms with Crippen LogP contribution in [-0.2, 0) is 0 Å². The molecule has 0 aliphatic carbocycles. The van der Waals surface area contributed by atoms with Gasteiger partial charge in [-0.15, -0.1) is 0 Å². The van der Waals surface area contributed by atoms with Crippen molar-refractivity contribution in [2.75, 3.05) is 5.32 Å². The summed E-state index contributed by atoms with van der Waals surface area (Å²) in [5.74, 6) is -1.60. The summed E-state index contributed by atoms with van der Waals surface area (Å²) in [5.41, 5.74) is 0.607. The van der Waals surface area contributed by atoms with E-state index in [0.29, 0.717) is 5.69 Å². The van der Waals surface area contributed by atoms with Gasteiger partial charge >= 0.3 is 5.97 Å². The zero-order valence-electron chi connectivity index (χ0n) is 9.33. The van der Waals surface area contributed by atoms with Crippen molar-refractivity contribution < 1.29 is 14.7 Å². The molecule has 2 aromatic rings. The topological polar surface area (TPSA) is 79.3 Å². The molecule has 0 spiro atoms. The molecule has 0 aliphatic rings. The monoisotopic (exact) mass is 242 g/mol. The van der Waals surface area contributed by atoms with Crippen LogP contribution in [0.2, 0.25) is 0 Å². The molecule has 0 unspecified atom stereocenters. The standard InChI is InChI=1S/C13H10N2O3/c16-12(15-9-4-3-7-14-8-9)10-5-1-2-6-11(10)13(17)18/h1-8H,(H,15,16)(H,17,18). The van der Waals surface area contributed by atoms with Gasteiger partial charge in [0.1, 0.15) is 0 Å². The van der Waals surface area contributed by atoms with Crippen molar-refractivity contribution in [1.82, 2.24) is 4.98 Å². The van der Waals surface area contributed by atoms with Gasteiger partial charge in [0.05, 0.1) is 23.0 Å². The minimum absolute atomic E-state index is 0.0288. The van der Waals surface area contributed by atoms with E-state index in [0.717, 1.165) is 0 Å². The molecule has 0 saturated carbocycles. The third-order valence-corrected chi connectivity index (χ3v) is 2.32. The summed E-state index contributed by atoms with van der Waals surface area (Å²) in [5, 5.41) is 11.6. The van der Waals surface area contributed by atoms with E-state index in [-0.39, 0.29) is 11.1 Å². The van der Waals surface area contributed by atoms with Crippen molar-refractivity contribution in [2.24, 2.45) is 0 Å². The van der Waals surface area contributed by atoms with Crippen LogP contribution in [0.5, 0.6) is 0 Å². The lowest BCUT2D eigenvalue weighted by atomic mass is 10.1. The van der Waals surface area contributed by atoms with E-state index >= 15 is 0 Å². The lowest BCUT2D eigenvalue weighted by Crippen LogP contribution is -2.16. The molecule has 0 saturated heterocycles. The highest BCUT2D eigenvalue weighted by Crippen LogP contribution is 2.12. The Bertz CT molecular complexity index is 582. The molecule has 0 atom stereocenters. The zero-order chi connectivity index (χ0) is 13.0. The minimum Gasteiger partial charge on any atom is -0.478 e. The minimum atomic E-state index is -1.13. The first-order valence-corrected chi connectivity index (χ1v) is 5.22. The van der Waals surface area contributed by atoms with Crippen molar-refractivity contribution in [1.29, 1.82) is 0 Å². The Morgan fingerprint density at radius 3 is 2.39 bits per heavy atom. The number of hydrogen-bond acceptors (Lipinski definition) is 3. The molecule has 5 nitrogen and oxygen atoms in total. The number of aromatic carboxylic acids is 1. The number of carboxylic acid groups (broad SMARTS) is 1. The first-order chi connectivity index (χ1) is 8.68. The Balaban J connectivity index is 2.27. The van der Waals surface area contributed by atoms with Crippen molar-refractivity contribution in [3.05, 3.63) is 59.9 Å². The highest BCUT2D eigenvalue weighted by atomic mass is 16.4. The van der Waals surface area contributed by atoms with E-state index < -0.39 is 11.9 Å². The number of carbonyl (C=O) groups excluding carboxylic acids is 1. The fourth-order valence-electron chi connectivity index (χ4n) is 1.50. The van der Waals surface area contributed by atoms with Crippen LogP contribution in [0.4, 0.5) is 5.69 Å². The highest BCUT2D eigenvalue weighted by molar-refractivity contribution is 6.10. The molecule has 0 aliphatic heterocycles. The molecule has 0 bridgehead atoms. The fourth-order valence-corrected chi connectivity index (χ4v) is 1.50. The molecule has 1 heterocycles. The summed E-state index contributed by atoms with van der Waals surface area (Å²) in [6.45, 7) is 0. The third kappa shape index (κ3) is 2.52. The zero-order valence-corrected chi connectivity index (χ0v) is 9.33. The van der Waals surface area contributed by atoms with Crippen LogP contribution < -0.4 is 5.32 Å². The van der Waals surface area contributed by atoms with E-state index in [9.17, 15) is 9.59 Å². The second-order valence-electron chi connectivity index (χ2n) is 3.55. The fraction of sp³-hybridized carbons (Fsp3) is 0. The smallest absolute Gasteiger partial charge is 0.336 e. The summed E-state index contributed by atoms with van der Waals surface area (Å²) in [4.78, 5) is 26.8. The van der Waals surface area contributed by atoms with E-state index in [1.54, 1.807) is 30.5 Å². The summed E-state index contributed by atoms with van der Waals surface area (Å²) in [6, 6.07) is 9.40. The number of pyridine rings is 1. The molecule has 2 N–H and O–H groups in total. The Hall–Kier alpha value is -2.69. The Morgan fingerprint density at radius 1 is 1.06 bits per heavy atom. The van der Waals surface area contributed by atoms with Crippen molar-refractivity contribution in [3.8, 4) is 0 Å². The molecular formula is C13H10N2O3. The van der Waals surface area contributed by atoms with Crippen LogP contribution in [0.3, 0.4) is 0 Å². The van der Waals surface area contributed by atoms with Crippen LogP contribution in [0.25, 0.3) is 0 Å². The van der Waals surface area contributed by atoms with Crippen molar-refractivity contribution >= 4 is 17.6 Å². The third-order valence-electron chi connectivity index (χ3n) is 2.32. The number of aromatic nitrogens is 1. The summed E-state index contributed by atoms with van der Waals surface area (Å²) in [6.07, 6.45) is 3.07. The number of amides is 1. The molecule has 0 radical (unpaired) electrons. The number of nitrogens with zero attached hydrogens (tertiary/aromatic N) is 1. The quantitative estimate of drug-likeness (QED) is 0.863. The number of hydrogen-bond donors (Lipinski definition) is 2. The van der Waals surface area contributed by atoms with Gasteiger partial charge < -0.3 is 10.4 Å². The maximum atomic E-state index is 11.9. The summed E-state index contributed by atoms with van der Waals surface area (Å²) in [7, 11) is 0.